The number of carbonyl (C=O) groups excluding carboxylic acids is 1. The number of cyclic esters (lactones) is 1. The molecule has 1 atom stereocenters. The van der Waals surface area contributed by atoms with Crippen LogP contribution in [0.5, 0.6) is 17.2 Å². The van der Waals surface area contributed by atoms with E-state index in [0.717, 1.165) is 12.8 Å². The number of fused-ring (bicyclic) bond motifs is 1. The lowest BCUT2D eigenvalue weighted by Crippen LogP contribution is -2.28. The molecule has 1 heterocycles. The van der Waals surface area contributed by atoms with Crippen LogP contribution in [0.1, 0.15) is 27.9 Å². The van der Waals surface area contributed by atoms with Gasteiger partial charge in [0.1, 0.15) is 0 Å². The van der Waals surface area contributed by atoms with Crippen LogP contribution >= 0.6 is 0 Å². The van der Waals surface area contributed by atoms with Gasteiger partial charge in [-0.1, -0.05) is 30.3 Å². The molecule has 1 aliphatic rings. The third-order valence-corrected chi connectivity index (χ3v) is 4.26. The molecule has 26 heavy (non-hydrogen) atoms. The average Bonchev–Trinajstić information content (AvgIpc) is 2.65. The van der Waals surface area contributed by atoms with Crippen molar-refractivity contribution in [1.82, 2.24) is 0 Å². The molecule has 1 N–H and O–H groups in total. The van der Waals surface area contributed by atoms with Gasteiger partial charge in [0.25, 0.3) is 0 Å². The zero-order chi connectivity index (χ0) is 18.5. The van der Waals surface area contributed by atoms with Crippen molar-refractivity contribution in [2.24, 2.45) is 0 Å². The van der Waals surface area contributed by atoms with Crippen LogP contribution in [0.3, 0.4) is 0 Å². The van der Waals surface area contributed by atoms with Crippen molar-refractivity contribution in [3.8, 4) is 17.2 Å². The molecule has 3 rings (SSSR count). The van der Waals surface area contributed by atoms with Gasteiger partial charge in [-0.3, -0.25) is 0 Å². The minimum Gasteiger partial charge on any atom is -0.492 e. The maximum absolute atomic E-state index is 12.1. The molecule has 2 aromatic rings. The summed E-state index contributed by atoms with van der Waals surface area (Å²) >= 11 is 0. The molecule has 0 amide bonds. The van der Waals surface area contributed by atoms with Crippen LogP contribution < -0.4 is 14.2 Å². The summed E-state index contributed by atoms with van der Waals surface area (Å²) in [6.45, 7) is 0.463. The van der Waals surface area contributed by atoms with Crippen LogP contribution in [-0.4, -0.2) is 38.2 Å². The van der Waals surface area contributed by atoms with Crippen molar-refractivity contribution in [2.75, 3.05) is 20.8 Å². The Morgan fingerprint density at radius 1 is 1.15 bits per heavy atom. The number of rotatable bonds is 7. The first-order chi connectivity index (χ1) is 12.6. The Morgan fingerprint density at radius 3 is 2.58 bits per heavy atom. The van der Waals surface area contributed by atoms with E-state index in [-0.39, 0.29) is 6.42 Å². The van der Waals surface area contributed by atoms with E-state index in [4.69, 9.17) is 18.9 Å². The summed E-state index contributed by atoms with van der Waals surface area (Å²) in [7, 11) is 3.00. The lowest BCUT2D eigenvalue weighted by Gasteiger charge is -2.25. The van der Waals surface area contributed by atoms with Gasteiger partial charge in [-0.15, -0.1) is 0 Å². The standard InChI is InChI=1S/C20H22O6/c1-23-18-14-12-17(21)26-20(22)15(14)11-16(19(18)24-2)25-10-6-9-13-7-4-3-5-8-13/h3-5,7-8,11,17,21H,6,9-10,12H2,1-2H3. The molecule has 0 aromatic heterocycles. The molecule has 0 fully saturated rings. The largest absolute Gasteiger partial charge is 0.492 e. The van der Waals surface area contributed by atoms with Gasteiger partial charge in [0, 0.05) is 12.0 Å². The third-order valence-electron chi connectivity index (χ3n) is 4.26. The zero-order valence-corrected chi connectivity index (χ0v) is 14.9. The Morgan fingerprint density at radius 2 is 1.88 bits per heavy atom. The molecular formula is C20H22O6. The molecule has 0 aliphatic carbocycles. The Hall–Kier alpha value is -2.73. The van der Waals surface area contributed by atoms with Crippen molar-refractivity contribution in [3.63, 3.8) is 0 Å². The van der Waals surface area contributed by atoms with Crippen molar-refractivity contribution >= 4 is 5.97 Å². The Balaban J connectivity index is 1.78. The summed E-state index contributed by atoms with van der Waals surface area (Å²) in [4.78, 5) is 12.1. The lowest BCUT2D eigenvalue weighted by atomic mass is 9.99. The lowest BCUT2D eigenvalue weighted by molar-refractivity contribution is -0.0691. The number of carbonyl (C=O) groups is 1. The van der Waals surface area contributed by atoms with Gasteiger partial charge in [-0.25, -0.2) is 4.79 Å². The van der Waals surface area contributed by atoms with Crippen molar-refractivity contribution in [1.29, 1.82) is 0 Å². The predicted molar refractivity (Wildman–Crippen MR) is 94.9 cm³/mol. The Kier molecular flexibility index (Phi) is 5.63. The molecule has 6 heteroatoms. The van der Waals surface area contributed by atoms with Gasteiger partial charge in [0.05, 0.1) is 26.4 Å². The van der Waals surface area contributed by atoms with E-state index in [2.05, 4.69) is 12.1 Å². The second-order valence-electron chi connectivity index (χ2n) is 5.97. The van der Waals surface area contributed by atoms with Crippen LogP contribution in [0.2, 0.25) is 0 Å². The minimum absolute atomic E-state index is 0.148. The van der Waals surface area contributed by atoms with E-state index >= 15 is 0 Å². The van der Waals surface area contributed by atoms with Gasteiger partial charge < -0.3 is 24.1 Å². The Bertz CT molecular complexity index is 772. The molecular weight excluding hydrogens is 336 g/mol. The van der Waals surface area contributed by atoms with E-state index in [1.807, 2.05) is 18.2 Å². The van der Waals surface area contributed by atoms with E-state index < -0.39 is 12.3 Å². The predicted octanol–water partition coefficient (Wildman–Crippen LogP) is 2.75. The van der Waals surface area contributed by atoms with Crippen LogP contribution in [0.25, 0.3) is 0 Å². The number of esters is 1. The van der Waals surface area contributed by atoms with Crippen molar-refractivity contribution < 1.29 is 28.8 Å². The van der Waals surface area contributed by atoms with Crippen molar-refractivity contribution in [3.05, 3.63) is 53.1 Å². The minimum atomic E-state index is -1.19. The molecule has 2 aromatic carbocycles. The van der Waals surface area contributed by atoms with Gasteiger partial charge >= 0.3 is 5.97 Å². The van der Waals surface area contributed by atoms with Crippen LogP contribution in [0.15, 0.2) is 36.4 Å². The molecule has 1 aliphatic heterocycles. The quantitative estimate of drug-likeness (QED) is 0.606. The topological polar surface area (TPSA) is 74.2 Å². The molecule has 0 saturated heterocycles. The average molecular weight is 358 g/mol. The number of aliphatic hydroxyl groups is 1. The fraction of sp³-hybridized carbons (Fsp3) is 0.350. The monoisotopic (exact) mass is 358 g/mol. The first-order valence-electron chi connectivity index (χ1n) is 8.47. The number of hydrogen-bond acceptors (Lipinski definition) is 6. The SMILES string of the molecule is COc1c(OCCCc2ccccc2)cc2c(c1OC)CC(O)OC2=O. The summed E-state index contributed by atoms with van der Waals surface area (Å²) in [6.07, 6.45) is 0.663. The third kappa shape index (κ3) is 3.75. The van der Waals surface area contributed by atoms with Gasteiger partial charge in [-0.2, -0.15) is 0 Å². The first kappa shape index (κ1) is 18.1. The number of hydrogen-bond donors (Lipinski definition) is 1. The highest BCUT2D eigenvalue weighted by molar-refractivity contribution is 5.94. The Labute approximate surface area is 152 Å². The zero-order valence-electron chi connectivity index (χ0n) is 14.9. The van der Waals surface area contributed by atoms with E-state index in [1.165, 1.54) is 19.8 Å². The highest BCUT2D eigenvalue weighted by Crippen LogP contribution is 2.44. The molecule has 6 nitrogen and oxygen atoms in total. The molecule has 1 unspecified atom stereocenters. The smallest absolute Gasteiger partial charge is 0.341 e. The number of benzene rings is 2. The molecule has 0 bridgehead atoms. The maximum Gasteiger partial charge on any atom is 0.341 e. The highest BCUT2D eigenvalue weighted by atomic mass is 16.6. The maximum atomic E-state index is 12.1. The normalized spacial score (nSPS) is 15.8. The number of ether oxygens (including phenoxy) is 4. The van der Waals surface area contributed by atoms with Crippen molar-refractivity contribution in [2.45, 2.75) is 25.6 Å². The number of methoxy groups -OCH3 is 2. The highest BCUT2D eigenvalue weighted by Gasteiger charge is 2.32. The van der Waals surface area contributed by atoms with E-state index in [1.54, 1.807) is 6.07 Å². The van der Waals surface area contributed by atoms with E-state index in [0.29, 0.717) is 35.0 Å². The second-order valence-corrected chi connectivity index (χ2v) is 5.97. The molecule has 138 valence electrons. The number of aryl methyl sites for hydroxylation is 1. The van der Waals surface area contributed by atoms with Crippen LogP contribution in [-0.2, 0) is 17.6 Å². The van der Waals surface area contributed by atoms with Crippen LogP contribution in [0.4, 0.5) is 0 Å². The van der Waals surface area contributed by atoms with E-state index in [9.17, 15) is 9.90 Å². The van der Waals surface area contributed by atoms with Crippen LogP contribution in [0, 0.1) is 0 Å². The first-order valence-corrected chi connectivity index (χ1v) is 8.47. The summed E-state index contributed by atoms with van der Waals surface area (Å²) < 4.78 is 21.6. The summed E-state index contributed by atoms with van der Waals surface area (Å²) in [5.41, 5.74) is 2.12. The fourth-order valence-electron chi connectivity index (χ4n) is 3.06. The van der Waals surface area contributed by atoms with Gasteiger partial charge in [0.15, 0.2) is 11.5 Å². The molecule has 0 radical (unpaired) electrons. The fourth-order valence-corrected chi connectivity index (χ4v) is 3.06. The second kappa shape index (κ2) is 8.10. The molecule has 0 spiro atoms. The summed E-state index contributed by atoms with van der Waals surface area (Å²) in [6, 6.07) is 11.7. The summed E-state index contributed by atoms with van der Waals surface area (Å²) in [5, 5.41) is 9.69. The number of aliphatic hydroxyl groups excluding tert-OH is 1. The summed E-state index contributed by atoms with van der Waals surface area (Å²) in [5.74, 6) is 0.616. The van der Waals surface area contributed by atoms with Gasteiger partial charge in [-0.05, 0) is 24.5 Å². The van der Waals surface area contributed by atoms with Gasteiger partial charge in [0.2, 0.25) is 12.0 Å². The molecule has 0 saturated carbocycles.